The number of rotatable bonds is 6. The molecule has 0 bridgehead atoms. The number of benzene rings is 2. The standard InChI is InChI=1S/C18H22BrN/c1-3-20-13-16(18-7-5-4-6-14(18)2)12-15-8-10-17(19)11-9-15/h4-11,16,20H,3,12-13H2,1-2H3. The monoisotopic (exact) mass is 331 g/mol. The lowest BCUT2D eigenvalue weighted by atomic mass is 9.89. The molecule has 1 nitrogen and oxygen atoms in total. The zero-order valence-corrected chi connectivity index (χ0v) is 13.8. The number of aryl methyl sites for hydroxylation is 1. The van der Waals surface area contributed by atoms with E-state index in [-0.39, 0.29) is 0 Å². The number of likely N-dealkylation sites (N-methyl/N-ethyl adjacent to an activating group) is 1. The Balaban J connectivity index is 2.19. The third-order valence-corrected chi connectivity index (χ3v) is 4.19. The first kappa shape index (κ1) is 15.3. The van der Waals surface area contributed by atoms with Crippen molar-refractivity contribution in [2.45, 2.75) is 26.2 Å². The van der Waals surface area contributed by atoms with Gasteiger partial charge in [-0.1, -0.05) is 59.3 Å². The van der Waals surface area contributed by atoms with Gasteiger partial charge in [-0.2, -0.15) is 0 Å². The molecular weight excluding hydrogens is 310 g/mol. The largest absolute Gasteiger partial charge is 0.316 e. The molecule has 2 aromatic rings. The van der Waals surface area contributed by atoms with E-state index in [4.69, 9.17) is 0 Å². The van der Waals surface area contributed by atoms with Gasteiger partial charge in [0.05, 0.1) is 0 Å². The minimum Gasteiger partial charge on any atom is -0.316 e. The maximum Gasteiger partial charge on any atom is 0.0175 e. The molecule has 1 atom stereocenters. The molecule has 0 saturated carbocycles. The van der Waals surface area contributed by atoms with E-state index in [1.165, 1.54) is 16.7 Å². The maximum atomic E-state index is 3.50. The summed E-state index contributed by atoms with van der Waals surface area (Å²) in [6.07, 6.45) is 1.07. The van der Waals surface area contributed by atoms with Crippen LogP contribution in [-0.2, 0) is 6.42 Å². The Bertz CT molecular complexity index is 533. The summed E-state index contributed by atoms with van der Waals surface area (Å²) in [5.41, 5.74) is 4.23. The van der Waals surface area contributed by atoms with Crippen LogP contribution in [-0.4, -0.2) is 13.1 Å². The van der Waals surface area contributed by atoms with Crippen LogP contribution in [0.2, 0.25) is 0 Å². The van der Waals surface area contributed by atoms with Crippen LogP contribution in [0.15, 0.2) is 53.0 Å². The molecule has 2 heteroatoms. The van der Waals surface area contributed by atoms with E-state index < -0.39 is 0 Å². The van der Waals surface area contributed by atoms with Crippen LogP contribution in [0.5, 0.6) is 0 Å². The number of hydrogen-bond acceptors (Lipinski definition) is 1. The lowest BCUT2D eigenvalue weighted by molar-refractivity contribution is 0.592. The van der Waals surface area contributed by atoms with Crippen molar-refractivity contribution in [1.82, 2.24) is 5.32 Å². The topological polar surface area (TPSA) is 12.0 Å². The van der Waals surface area contributed by atoms with E-state index in [0.717, 1.165) is 24.0 Å². The highest BCUT2D eigenvalue weighted by molar-refractivity contribution is 9.10. The van der Waals surface area contributed by atoms with Crippen LogP contribution in [0, 0.1) is 6.92 Å². The van der Waals surface area contributed by atoms with Gasteiger partial charge in [-0.3, -0.25) is 0 Å². The van der Waals surface area contributed by atoms with E-state index in [1.807, 2.05) is 0 Å². The van der Waals surface area contributed by atoms with Crippen molar-refractivity contribution in [3.63, 3.8) is 0 Å². The average molecular weight is 332 g/mol. The molecule has 0 amide bonds. The van der Waals surface area contributed by atoms with Crippen molar-refractivity contribution in [2.75, 3.05) is 13.1 Å². The van der Waals surface area contributed by atoms with E-state index in [0.29, 0.717) is 5.92 Å². The average Bonchev–Trinajstić information content (AvgIpc) is 2.46. The van der Waals surface area contributed by atoms with Crippen LogP contribution in [0.1, 0.15) is 29.5 Å². The van der Waals surface area contributed by atoms with Crippen LogP contribution in [0.25, 0.3) is 0 Å². The van der Waals surface area contributed by atoms with E-state index >= 15 is 0 Å². The van der Waals surface area contributed by atoms with Crippen LogP contribution < -0.4 is 5.32 Å². The minimum absolute atomic E-state index is 0.525. The molecule has 0 heterocycles. The summed E-state index contributed by atoms with van der Waals surface area (Å²) in [7, 11) is 0. The molecule has 0 radical (unpaired) electrons. The summed E-state index contributed by atoms with van der Waals surface area (Å²) in [6.45, 7) is 6.41. The zero-order chi connectivity index (χ0) is 14.4. The Morgan fingerprint density at radius 1 is 1.05 bits per heavy atom. The Hall–Kier alpha value is -1.12. The molecule has 2 aromatic carbocycles. The highest BCUT2D eigenvalue weighted by Crippen LogP contribution is 2.24. The second-order valence-electron chi connectivity index (χ2n) is 5.19. The van der Waals surface area contributed by atoms with E-state index in [2.05, 4.69) is 83.6 Å². The highest BCUT2D eigenvalue weighted by Gasteiger charge is 2.13. The first-order valence-electron chi connectivity index (χ1n) is 7.21. The highest BCUT2D eigenvalue weighted by atomic mass is 79.9. The second-order valence-corrected chi connectivity index (χ2v) is 6.11. The summed E-state index contributed by atoms with van der Waals surface area (Å²) in [6, 6.07) is 17.4. The van der Waals surface area contributed by atoms with Crippen molar-refractivity contribution < 1.29 is 0 Å². The minimum atomic E-state index is 0.525. The van der Waals surface area contributed by atoms with Crippen molar-refractivity contribution in [3.05, 3.63) is 69.7 Å². The molecule has 20 heavy (non-hydrogen) atoms. The molecule has 0 aromatic heterocycles. The van der Waals surface area contributed by atoms with Gasteiger partial charge in [0.15, 0.2) is 0 Å². The Labute approximate surface area is 130 Å². The van der Waals surface area contributed by atoms with Crippen molar-refractivity contribution >= 4 is 15.9 Å². The Morgan fingerprint density at radius 3 is 2.40 bits per heavy atom. The molecule has 0 fully saturated rings. The predicted molar refractivity (Wildman–Crippen MR) is 90.3 cm³/mol. The lowest BCUT2D eigenvalue weighted by Gasteiger charge is -2.20. The molecule has 2 rings (SSSR count). The van der Waals surface area contributed by atoms with Crippen molar-refractivity contribution in [1.29, 1.82) is 0 Å². The Morgan fingerprint density at radius 2 is 1.75 bits per heavy atom. The van der Waals surface area contributed by atoms with Gasteiger partial charge in [-0.25, -0.2) is 0 Å². The van der Waals surface area contributed by atoms with Gasteiger partial charge < -0.3 is 5.32 Å². The van der Waals surface area contributed by atoms with Gasteiger partial charge in [0.1, 0.15) is 0 Å². The summed E-state index contributed by atoms with van der Waals surface area (Å²) in [5.74, 6) is 0.525. The first-order valence-corrected chi connectivity index (χ1v) is 8.00. The van der Waals surface area contributed by atoms with Crippen LogP contribution in [0.3, 0.4) is 0 Å². The fraction of sp³-hybridized carbons (Fsp3) is 0.333. The van der Waals surface area contributed by atoms with Gasteiger partial charge in [0.25, 0.3) is 0 Å². The number of halogens is 1. The van der Waals surface area contributed by atoms with Crippen LogP contribution >= 0.6 is 15.9 Å². The summed E-state index contributed by atoms with van der Waals surface area (Å²) < 4.78 is 1.14. The van der Waals surface area contributed by atoms with Gasteiger partial charge in [-0.15, -0.1) is 0 Å². The lowest BCUT2D eigenvalue weighted by Crippen LogP contribution is -2.23. The van der Waals surface area contributed by atoms with Gasteiger partial charge in [-0.05, 0) is 48.7 Å². The smallest absolute Gasteiger partial charge is 0.0175 e. The van der Waals surface area contributed by atoms with Gasteiger partial charge >= 0.3 is 0 Å². The zero-order valence-electron chi connectivity index (χ0n) is 12.2. The molecule has 106 valence electrons. The molecule has 0 aliphatic rings. The fourth-order valence-electron chi connectivity index (χ4n) is 2.56. The van der Waals surface area contributed by atoms with Crippen molar-refractivity contribution in [3.8, 4) is 0 Å². The molecule has 0 spiro atoms. The maximum absolute atomic E-state index is 3.50. The van der Waals surface area contributed by atoms with Gasteiger partial charge in [0.2, 0.25) is 0 Å². The molecule has 1 N–H and O–H groups in total. The SMILES string of the molecule is CCNCC(Cc1ccc(Br)cc1)c1ccccc1C. The predicted octanol–water partition coefficient (Wildman–Crippen LogP) is 4.69. The molecule has 1 unspecified atom stereocenters. The van der Waals surface area contributed by atoms with Crippen molar-refractivity contribution in [2.24, 2.45) is 0 Å². The third kappa shape index (κ3) is 4.19. The molecule has 0 saturated heterocycles. The third-order valence-electron chi connectivity index (χ3n) is 3.66. The quantitative estimate of drug-likeness (QED) is 0.809. The molecule has 0 aliphatic carbocycles. The number of hydrogen-bond donors (Lipinski definition) is 1. The summed E-state index contributed by atoms with van der Waals surface area (Å²) >= 11 is 3.50. The summed E-state index contributed by atoms with van der Waals surface area (Å²) in [5, 5.41) is 3.50. The second kappa shape index (κ2) is 7.61. The first-order chi connectivity index (χ1) is 9.70. The Kier molecular flexibility index (Phi) is 5.81. The molecule has 0 aliphatic heterocycles. The van der Waals surface area contributed by atoms with E-state index in [1.54, 1.807) is 0 Å². The fourth-order valence-corrected chi connectivity index (χ4v) is 2.82. The normalized spacial score (nSPS) is 12.3. The number of nitrogens with one attached hydrogen (secondary N) is 1. The van der Waals surface area contributed by atoms with Gasteiger partial charge in [0, 0.05) is 16.9 Å². The molecular formula is C18H22BrN. The van der Waals surface area contributed by atoms with E-state index in [9.17, 15) is 0 Å². The summed E-state index contributed by atoms with van der Waals surface area (Å²) in [4.78, 5) is 0. The van der Waals surface area contributed by atoms with Crippen LogP contribution in [0.4, 0.5) is 0 Å².